The van der Waals surface area contributed by atoms with Crippen LogP contribution < -0.4 is 10.6 Å². The third-order valence-electron chi connectivity index (χ3n) is 2.79. The predicted octanol–water partition coefficient (Wildman–Crippen LogP) is 1.81. The first-order chi connectivity index (χ1) is 10.4. The molecule has 1 aromatic rings. The van der Waals surface area contributed by atoms with Crippen molar-refractivity contribution >= 4 is 15.8 Å². The highest BCUT2D eigenvalue weighted by Crippen LogP contribution is 2.14. The van der Waals surface area contributed by atoms with Gasteiger partial charge in [-0.15, -0.1) is 0 Å². The maximum Gasteiger partial charge on any atom is 0.191 e. The van der Waals surface area contributed by atoms with Crippen molar-refractivity contribution in [3.05, 3.63) is 30.1 Å². The van der Waals surface area contributed by atoms with E-state index in [-0.39, 0.29) is 17.2 Å². The van der Waals surface area contributed by atoms with Crippen molar-refractivity contribution in [3.63, 3.8) is 0 Å². The first kappa shape index (κ1) is 18.4. The van der Waals surface area contributed by atoms with E-state index in [0.717, 1.165) is 6.07 Å². The summed E-state index contributed by atoms with van der Waals surface area (Å²) in [6.07, 6.45) is 0. The Hall–Kier alpha value is -1.63. The van der Waals surface area contributed by atoms with Crippen molar-refractivity contribution < 1.29 is 12.8 Å². The maximum atomic E-state index is 13.6. The Labute approximate surface area is 132 Å². The van der Waals surface area contributed by atoms with Gasteiger partial charge in [-0.25, -0.2) is 12.8 Å². The van der Waals surface area contributed by atoms with E-state index in [1.165, 1.54) is 18.2 Å². The smallest absolute Gasteiger partial charge is 0.191 e. The van der Waals surface area contributed by atoms with Crippen LogP contribution >= 0.6 is 0 Å². The Morgan fingerprint density at radius 3 is 2.55 bits per heavy atom. The third kappa shape index (κ3) is 6.01. The zero-order chi connectivity index (χ0) is 16.6. The Balaban J connectivity index is 2.64. The SMILES string of the molecule is CCNC(=NCC(C)C)NCCS(=O)(=O)c1ccccc1F. The lowest BCUT2D eigenvalue weighted by Crippen LogP contribution is -2.39. The quantitative estimate of drug-likeness (QED) is 0.591. The van der Waals surface area contributed by atoms with Crippen molar-refractivity contribution in [2.45, 2.75) is 25.7 Å². The lowest BCUT2D eigenvalue weighted by molar-refractivity contribution is 0.566. The predicted molar refractivity (Wildman–Crippen MR) is 87.3 cm³/mol. The van der Waals surface area contributed by atoms with Gasteiger partial charge in [0, 0.05) is 19.6 Å². The van der Waals surface area contributed by atoms with Gasteiger partial charge in [-0.2, -0.15) is 0 Å². The van der Waals surface area contributed by atoms with Crippen LogP contribution in [0.3, 0.4) is 0 Å². The highest BCUT2D eigenvalue weighted by atomic mass is 32.2. The van der Waals surface area contributed by atoms with Crippen molar-refractivity contribution in [2.75, 3.05) is 25.4 Å². The van der Waals surface area contributed by atoms with Crippen molar-refractivity contribution in [1.82, 2.24) is 10.6 Å². The summed E-state index contributed by atoms with van der Waals surface area (Å²) in [5.41, 5.74) is 0. The fourth-order valence-corrected chi connectivity index (χ4v) is 2.97. The van der Waals surface area contributed by atoms with Gasteiger partial charge in [-0.3, -0.25) is 4.99 Å². The normalized spacial score (nSPS) is 12.5. The Bertz CT molecular complexity index is 601. The Morgan fingerprint density at radius 2 is 1.95 bits per heavy atom. The van der Waals surface area contributed by atoms with E-state index in [1.807, 2.05) is 6.92 Å². The van der Waals surface area contributed by atoms with Gasteiger partial charge in [-0.1, -0.05) is 26.0 Å². The second-order valence-corrected chi connectivity index (χ2v) is 7.37. The maximum absolute atomic E-state index is 13.6. The first-order valence-electron chi connectivity index (χ1n) is 7.36. The van der Waals surface area contributed by atoms with Gasteiger partial charge >= 0.3 is 0 Å². The minimum atomic E-state index is -3.65. The molecule has 0 unspecified atom stereocenters. The Kier molecular flexibility index (Phi) is 7.31. The summed E-state index contributed by atoms with van der Waals surface area (Å²) >= 11 is 0. The number of halogens is 1. The summed E-state index contributed by atoms with van der Waals surface area (Å²) < 4.78 is 37.8. The number of hydrogen-bond acceptors (Lipinski definition) is 3. The van der Waals surface area contributed by atoms with E-state index in [1.54, 1.807) is 0 Å². The van der Waals surface area contributed by atoms with Crippen molar-refractivity contribution in [1.29, 1.82) is 0 Å². The van der Waals surface area contributed by atoms with E-state index < -0.39 is 15.7 Å². The molecular formula is C15H24FN3O2S. The van der Waals surface area contributed by atoms with Gasteiger partial charge in [0.15, 0.2) is 15.8 Å². The number of nitrogens with one attached hydrogen (secondary N) is 2. The molecule has 0 fully saturated rings. The lowest BCUT2D eigenvalue weighted by Gasteiger charge is -2.12. The molecule has 0 atom stereocenters. The van der Waals surface area contributed by atoms with Gasteiger partial charge < -0.3 is 10.6 Å². The second kappa shape index (κ2) is 8.73. The zero-order valence-electron chi connectivity index (χ0n) is 13.3. The second-order valence-electron chi connectivity index (χ2n) is 5.29. The molecule has 0 spiro atoms. The molecule has 0 saturated carbocycles. The van der Waals surface area contributed by atoms with Gasteiger partial charge in [0.05, 0.1) is 5.75 Å². The third-order valence-corrected chi connectivity index (χ3v) is 4.54. The summed E-state index contributed by atoms with van der Waals surface area (Å²) in [6.45, 7) is 7.54. The van der Waals surface area contributed by atoms with Crippen LogP contribution in [0.15, 0.2) is 34.2 Å². The van der Waals surface area contributed by atoms with Crippen LogP contribution in [0.5, 0.6) is 0 Å². The molecule has 0 radical (unpaired) electrons. The van der Waals surface area contributed by atoms with Gasteiger partial charge in [0.1, 0.15) is 10.7 Å². The molecule has 0 amide bonds. The Morgan fingerprint density at radius 1 is 1.27 bits per heavy atom. The summed E-state index contributed by atoms with van der Waals surface area (Å²) in [7, 11) is -3.65. The molecule has 0 aromatic heterocycles. The molecule has 0 aliphatic carbocycles. The molecule has 1 aromatic carbocycles. The van der Waals surface area contributed by atoms with E-state index in [0.29, 0.717) is 25.0 Å². The molecule has 2 N–H and O–H groups in total. The molecule has 0 aliphatic rings. The number of benzene rings is 1. The molecule has 124 valence electrons. The van der Waals surface area contributed by atoms with Crippen LogP contribution in [0, 0.1) is 11.7 Å². The molecular weight excluding hydrogens is 305 g/mol. The van der Waals surface area contributed by atoms with Gasteiger partial charge in [0.25, 0.3) is 0 Å². The molecule has 0 saturated heterocycles. The molecule has 1 rings (SSSR count). The van der Waals surface area contributed by atoms with Crippen molar-refractivity contribution in [2.24, 2.45) is 10.9 Å². The number of hydrogen-bond donors (Lipinski definition) is 2. The first-order valence-corrected chi connectivity index (χ1v) is 9.01. The molecule has 0 bridgehead atoms. The average Bonchev–Trinajstić information content (AvgIpc) is 2.44. The van der Waals surface area contributed by atoms with E-state index in [4.69, 9.17) is 0 Å². The summed E-state index contributed by atoms with van der Waals surface area (Å²) in [5, 5.41) is 6.00. The fourth-order valence-electron chi connectivity index (χ4n) is 1.73. The van der Waals surface area contributed by atoms with Crippen LogP contribution in [0.4, 0.5) is 4.39 Å². The van der Waals surface area contributed by atoms with Crippen LogP contribution in [-0.2, 0) is 9.84 Å². The summed E-state index contributed by atoms with van der Waals surface area (Å²) in [5.74, 6) is 0.0699. The minimum Gasteiger partial charge on any atom is -0.357 e. The number of guanidine groups is 1. The van der Waals surface area contributed by atoms with E-state index >= 15 is 0 Å². The van der Waals surface area contributed by atoms with Crippen LogP contribution in [0.25, 0.3) is 0 Å². The van der Waals surface area contributed by atoms with E-state index in [2.05, 4.69) is 29.5 Å². The van der Waals surface area contributed by atoms with Gasteiger partial charge in [0.2, 0.25) is 0 Å². The van der Waals surface area contributed by atoms with Crippen LogP contribution in [0.1, 0.15) is 20.8 Å². The minimum absolute atomic E-state index is 0.167. The van der Waals surface area contributed by atoms with Crippen LogP contribution in [-0.4, -0.2) is 39.8 Å². The van der Waals surface area contributed by atoms with E-state index in [9.17, 15) is 12.8 Å². The average molecular weight is 329 g/mol. The lowest BCUT2D eigenvalue weighted by atomic mass is 10.2. The fraction of sp³-hybridized carbons (Fsp3) is 0.533. The number of rotatable bonds is 7. The molecule has 7 heteroatoms. The summed E-state index contributed by atoms with van der Waals surface area (Å²) in [4.78, 5) is 4.09. The standard InChI is InChI=1S/C15H24FN3O2S/c1-4-17-15(19-11-12(2)3)18-9-10-22(20,21)14-8-6-5-7-13(14)16/h5-8,12H,4,9-11H2,1-3H3,(H2,17,18,19). The molecule has 5 nitrogen and oxygen atoms in total. The largest absolute Gasteiger partial charge is 0.357 e. The zero-order valence-corrected chi connectivity index (χ0v) is 14.1. The molecule has 22 heavy (non-hydrogen) atoms. The molecule has 0 heterocycles. The number of nitrogens with zero attached hydrogens (tertiary/aromatic N) is 1. The number of sulfone groups is 1. The topological polar surface area (TPSA) is 70.6 Å². The van der Waals surface area contributed by atoms with Crippen molar-refractivity contribution in [3.8, 4) is 0 Å². The van der Waals surface area contributed by atoms with Crippen LogP contribution in [0.2, 0.25) is 0 Å². The highest BCUT2D eigenvalue weighted by molar-refractivity contribution is 7.91. The monoisotopic (exact) mass is 329 g/mol. The molecule has 0 aliphatic heterocycles. The van der Waals surface area contributed by atoms with Gasteiger partial charge in [-0.05, 0) is 25.0 Å². The summed E-state index contributed by atoms with van der Waals surface area (Å²) in [6, 6.07) is 5.41. The number of aliphatic imine (C=N–C) groups is 1. The highest BCUT2D eigenvalue weighted by Gasteiger charge is 2.18.